The minimum atomic E-state index is -4.39. The van der Waals surface area contributed by atoms with Gasteiger partial charge >= 0.3 is 6.18 Å². The molecule has 0 atom stereocenters. The first-order valence-electron chi connectivity index (χ1n) is 5.64. The standard InChI is InChI=1S/C12H14F3NO2/c13-12(14,15)10-4-1-3-9(7-10)11(8-16)17-5-2-6-18-11/h1,3-4,7H,2,5-6,8,16H2. The van der Waals surface area contributed by atoms with Gasteiger partial charge in [-0.05, 0) is 18.6 Å². The molecule has 0 aliphatic carbocycles. The summed E-state index contributed by atoms with van der Waals surface area (Å²) < 4.78 is 48.9. The lowest BCUT2D eigenvalue weighted by molar-refractivity contribution is -0.269. The fourth-order valence-electron chi connectivity index (χ4n) is 1.91. The third-order valence-corrected chi connectivity index (χ3v) is 2.86. The van der Waals surface area contributed by atoms with Crippen LogP contribution in [-0.2, 0) is 21.4 Å². The molecule has 0 bridgehead atoms. The van der Waals surface area contributed by atoms with Crippen molar-refractivity contribution in [2.45, 2.75) is 18.4 Å². The Balaban J connectivity index is 2.37. The molecular weight excluding hydrogens is 247 g/mol. The Morgan fingerprint density at radius 1 is 1.22 bits per heavy atom. The summed E-state index contributed by atoms with van der Waals surface area (Å²) in [6.45, 7) is 0.829. The van der Waals surface area contributed by atoms with E-state index in [-0.39, 0.29) is 6.54 Å². The van der Waals surface area contributed by atoms with Crippen LogP contribution in [0, 0.1) is 0 Å². The van der Waals surface area contributed by atoms with Crippen molar-refractivity contribution < 1.29 is 22.6 Å². The Kier molecular flexibility index (Phi) is 3.61. The van der Waals surface area contributed by atoms with Crippen LogP contribution in [0.3, 0.4) is 0 Å². The predicted molar refractivity (Wildman–Crippen MR) is 58.7 cm³/mol. The summed E-state index contributed by atoms with van der Waals surface area (Å²) in [6, 6.07) is 4.90. The average molecular weight is 261 g/mol. The first kappa shape index (κ1) is 13.3. The normalized spacial score (nSPS) is 19.8. The number of alkyl halides is 3. The zero-order valence-electron chi connectivity index (χ0n) is 9.67. The van der Waals surface area contributed by atoms with Gasteiger partial charge in [0.25, 0.3) is 0 Å². The van der Waals surface area contributed by atoms with E-state index in [0.29, 0.717) is 25.2 Å². The minimum Gasteiger partial charge on any atom is -0.345 e. The topological polar surface area (TPSA) is 44.5 Å². The predicted octanol–water partition coefficient (Wildman–Crippen LogP) is 2.25. The molecule has 0 amide bonds. The van der Waals surface area contributed by atoms with Gasteiger partial charge in [-0.25, -0.2) is 0 Å². The molecule has 0 unspecified atom stereocenters. The quantitative estimate of drug-likeness (QED) is 0.888. The molecule has 1 aromatic carbocycles. The van der Waals surface area contributed by atoms with Gasteiger partial charge < -0.3 is 15.2 Å². The van der Waals surface area contributed by atoms with E-state index in [4.69, 9.17) is 15.2 Å². The first-order valence-corrected chi connectivity index (χ1v) is 5.64. The molecule has 0 spiro atoms. The molecule has 2 N–H and O–H groups in total. The molecule has 1 aliphatic rings. The van der Waals surface area contributed by atoms with Crippen molar-refractivity contribution in [2.75, 3.05) is 19.8 Å². The molecule has 1 heterocycles. The number of nitrogens with two attached hydrogens (primary N) is 1. The number of hydrogen-bond acceptors (Lipinski definition) is 3. The SMILES string of the molecule is NCC1(c2cccc(C(F)(F)F)c2)OCCCO1. The van der Waals surface area contributed by atoms with E-state index in [9.17, 15) is 13.2 Å². The van der Waals surface area contributed by atoms with Crippen LogP contribution < -0.4 is 5.73 Å². The van der Waals surface area contributed by atoms with Gasteiger partial charge in [0.2, 0.25) is 5.79 Å². The van der Waals surface area contributed by atoms with Gasteiger partial charge in [-0.15, -0.1) is 0 Å². The van der Waals surface area contributed by atoms with Gasteiger partial charge in [0.05, 0.1) is 25.3 Å². The van der Waals surface area contributed by atoms with Gasteiger partial charge in [0.1, 0.15) is 0 Å². The number of rotatable bonds is 2. The number of halogens is 3. The van der Waals surface area contributed by atoms with Crippen molar-refractivity contribution in [3.05, 3.63) is 35.4 Å². The summed E-state index contributed by atoms with van der Waals surface area (Å²) in [5.41, 5.74) is 5.17. The zero-order valence-corrected chi connectivity index (χ0v) is 9.67. The van der Waals surface area contributed by atoms with Crippen molar-refractivity contribution in [2.24, 2.45) is 5.73 Å². The number of ether oxygens (including phenoxy) is 2. The van der Waals surface area contributed by atoms with Crippen LogP contribution in [0.5, 0.6) is 0 Å². The van der Waals surface area contributed by atoms with E-state index in [1.165, 1.54) is 12.1 Å². The molecule has 1 aliphatic heterocycles. The van der Waals surface area contributed by atoms with Gasteiger partial charge in [-0.2, -0.15) is 13.2 Å². The zero-order chi connectivity index (χ0) is 13.2. The smallest absolute Gasteiger partial charge is 0.345 e. The molecule has 1 aromatic rings. The van der Waals surface area contributed by atoms with Crippen molar-refractivity contribution in [3.63, 3.8) is 0 Å². The van der Waals surface area contributed by atoms with Crippen molar-refractivity contribution in [1.29, 1.82) is 0 Å². The van der Waals surface area contributed by atoms with Crippen molar-refractivity contribution in [1.82, 2.24) is 0 Å². The van der Waals surface area contributed by atoms with E-state index < -0.39 is 17.5 Å². The Bertz CT molecular complexity index is 414. The number of benzene rings is 1. The van der Waals surface area contributed by atoms with Gasteiger partial charge in [0, 0.05) is 5.56 Å². The molecule has 3 nitrogen and oxygen atoms in total. The van der Waals surface area contributed by atoms with Gasteiger partial charge in [-0.1, -0.05) is 12.1 Å². The molecule has 6 heteroatoms. The van der Waals surface area contributed by atoms with E-state index in [1.807, 2.05) is 0 Å². The summed E-state index contributed by atoms with van der Waals surface area (Å²) >= 11 is 0. The highest BCUT2D eigenvalue weighted by molar-refractivity contribution is 5.29. The Morgan fingerprint density at radius 3 is 2.44 bits per heavy atom. The van der Waals surface area contributed by atoms with Crippen molar-refractivity contribution in [3.8, 4) is 0 Å². The van der Waals surface area contributed by atoms with Crippen LogP contribution in [0.1, 0.15) is 17.5 Å². The van der Waals surface area contributed by atoms with Gasteiger partial charge in [-0.3, -0.25) is 0 Å². The minimum absolute atomic E-state index is 0.0195. The molecule has 2 rings (SSSR count). The maximum absolute atomic E-state index is 12.7. The third-order valence-electron chi connectivity index (χ3n) is 2.86. The molecule has 1 fully saturated rings. The fourth-order valence-corrected chi connectivity index (χ4v) is 1.91. The van der Waals surface area contributed by atoms with E-state index in [0.717, 1.165) is 12.1 Å². The van der Waals surface area contributed by atoms with E-state index in [1.54, 1.807) is 0 Å². The lowest BCUT2D eigenvalue weighted by Gasteiger charge is -2.36. The Labute approximate surface area is 103 Å². The van der Waals surface area contributed by atoms with Crippen LogP contribution in [0.15, 0.2) is 24.3 Å². The Morgan fingerprint density at radius 2 is 1.89 bits per heavy atom. The maximum atomic E-state index is 12.7. The van der Waals surface area contributed by atoms with E-state index >= 15 is 0 Å². The molecule has 100 valence electrons. The molecule has 0 radical (unpaired) electrons. The molecule has 1 saturated heterocycles. The van der Waals surface area contributed by atoms with Crippen LogP contribution in [0.25, 0.3) is 0 Å². The fraction of sp³-hybridized carbons (Fsp3) is 0.500. The summed E-state index contributed by atoms with van der Waals surface area (Å²) in [6.07, 6.45) is -3.68. The molecule has 18 heavy (non-hydrogen) atoms. The summed E-state index contributed by atoms with van der Waals surface area (Å²) in [7, 11) is 0. The maximum Gasteiger partial charge on any atom is 0.416 e. The number of hydrogen-bond donors (Lipinski definition) is 1. The highest BCUT2D eigenvalue weighted by Gasteiger charge is 2.38. The highest BCUT2D eigenvalue weighted by atomic mass is 19.4. The molecular formula is C12H14F3NO2. The average Bonchev–Trinajstić information content (AvgIpc) is 2.39. The molecule has 0 saturated carbocycles. The second kappa shape index (κ2) is 4.87. The first-order chi connectivity index (χ1) is 8.48. The summed E-state index contributed by atoms with van der Waals surface area (Å²) in [5, 5.41) is 0. The third kappa shape index (κ3) is 2.50. The highest BCUT2D eigenvalue weighted by Crippen LogP contribution is 2.35. The van der Waals surface area contributed by atoms with Crippen LogP contribution in [0.2, 0.25) is 0 Å². The monoisotopic (exact) mass is 261 g/mol. The summed E-state index contributed by atoms with van der Waals surface area (Å²) in [5.74, 6) is -1.25. The van der Waals surface area contributed by atoms with Gasteiger partial charge in [0.15, 0.2) is 0 Å². The van der Waals surface area contributed by atoms with Crippen LogP contribution in [0.4, 0.5) is 13.2 Å². The largest absolute Gasteiger partial charge is 0.416 e. The van der Waals surface area contributed by atoms with Crippen molar-refractivity contribution >= 4 is 0 Å². The second-order valence-corrected chi connectivity index (χ2v) is 4.09. The second-order valence-electron chi connectivity index (χ2n) is 4.09. The van der Waals surface area contributed by atoms with E-state index in [2.05, 4.69) is 0 Å². The van der Waals surface area contributed by atoms with Crippen LogP contribution >= 0.6 is 0 Å². The lowest BCUT2D eigenvalue weighted by Crippen LogP contribution is -2.44. The van der Waals surface area contributed by atoms with Crippen LogP contribution in [-0.4, -0.2) is 19.8 Å². The molecule has 0 aromatic heterocycles. The lowest BCUT2D eigenvalue weighted by atomic mass is 10.0. The Hall–Kier alpha value is -1.11. The summed E-state index contributed by atoms with van der Waals surface area (Å²) in [4.78, 5) is 0.